The lowest BCUT2D eigenvalue weighted by molar-refractivity contribution is 0.257. The standard InChI is InChI=1S/C13H20N2O/c14-13-5-4-11-9-15(10-12(11)8-13)6-2-1-3-7-16/h4-5,8,16H,1-3,6-7,9-10,14H2. The fraction of sp³-hybridized carbons (Fsp3) is 0.538. The Morgan fingerprint density at radius 3 is 2.75 bits per heavy atom. The zero-order valence-electron chi connectivity index (χ0n) is 9.65. The lowest BCUT2D eigenvalue weighted by Gasteiger charge is -2.13. The molecule has 0 saturated carbocycles. The van der Waals surface area contributed by atoms with Gasteiger partial charge in [0.1, 0.15) is 0 Å². The van der Waals surface area contributed by atoms with Crippen molar-refractivity contribution < 1.29 is 5.11 Å². The fourth-order valence-corrected chi connectivity index (χ4v) is 2.27. The number of aliphatic hydroxyl groups excluding tert-OH is 1. The first-order valence-corrected chi connectivity index (χ1v) is 6.00. The summed E-state index contributed by atoms with van der Waals surface area (Å²) in [6, 6.07) is 6.20. The van der Waals surface area contributed by atoms with Crippen molar-refractivity contribution in [3.8, 4) is 0 Å². The van der Waals surface area contributed by atoms with Crippen molar-refractivity contribution in [1.29, 1.82) is 0 Å². The molecule has 88 valence electrons. The van der Waals surface area contributed by atoms with Crippen LogP contribution in [0, 0.1) is 0 Å². The summed E-state index contributed by atoms with van der Waals surface area (Å²) in [7, 11) is 0. The zero-order valence-corrected chi connectivity index (χ0v) is 9.65. The molecule has 2 rings (SSSR count). The Labute approximate surface area is 96.9 Å². The summed E-state index contributed by atoms with van der Waals surface area (Å²) in [5.41, 5.74) is 9.42. The van der Waals surface area contributed by atoms with Crippen LogP contribution in [0.25, 0.3) is 0 Å². The molecule has 0 radical (unpaired) electrons. The van der Waals surface area contributed by atoms with Gasteiger partial charge in [-0.05, 0) is 49.1 Å². The molecule has 0 aromatic heterocycles. The smallest absolute Gasteiger partial charge is 0.0431 e. The van der Waals surface area contributed by atoms with E-state index in [1.54, 1.807) is 0 Å². The third kappa shape index (κ3) is 2.74. The Bertz CT molecular complexity index is 352. The lowest BCUT2D eigenvalue weighted by atomic mass is 10.1. The molecular formula is C13H20N2O. The van der Waals surface area contributed by atoms with Gasteiger partial charge < -0.3 is 10.8 Å². The largest absolute Gasteiger partial charge is 0.399 e. The molecule has 0 atom stereocenters. The molecule has 1 aromatic rings. The van der Waals surface area contributed by atoms with Gasteiger partial charge in [-0.3, -0.25) is 4.90 Å². The van der Waals surface area contributed by atoms with E-state index in [1.165, 1.54) is 17.5 Å². The second kappa shape index (κ2) is 5.32. The number of hydrogen-bond donors (Lipinski definition) is 2. The molecule has 1 heterocycles. The first-order chi connectivity index (χ1) is 7.79. The molecule has 0 bridgehead atoms. The highest BCUT2D eigenvalue weighted by molar-refractivity contribution is 5.46. The van der Waals surface area contributed by atoms with Crippen LogP contribution in [0.1, 0.15) is 30.4 Å². The van der Waals surface area contributed by atoms with Crippen molar-refractivity contribution in [3.05, 3.63) is 29.3 Å². The second-order valence-electron chi connectivity index (χ2n) is 4.52. The van der Waals surface area contributed by atoms with Crippen LogP contribution >= 0.6 is 0 Å². The molecule has 1 aliphatic heterocycles. The van der Waals surface area contributed by atoms with Crippen LogP contribution in [0.15, 0.2) is 18.2 Å². The van der Waals surface area contributed by atoms with Crippen LogP contribution in [0.5, 0.6) is 0 Å². The molecule has 0 saturated heterocycles. The van der Waals surface area contributed by atoms with Gasteiger partial charge in [-0.2, -0.15) is 0 Å². The maximum absolute atomic E-state index is 8.70. The minimum atomic E-state index is 0.316. The molecule has 3 heteroatoms. The van der Waals surface area contributed by atoms with Crippen LogP contribution < -0.4 is 5.73 Å². The Morgan fingerprint density at radius 2 is 1.94 bits per heavy atom. The maximum atomic E-state index is 8.70. The van der Waals surface area contributed by atoms with Gasteiger partial charge in [0.05, 0.1) is 0 Å². The molecule has 0 fully saturated rings. The summed E-state index contributed by atoms with van der Waals surface area (Å²) in [4.78, 5) is 2.45. The Balaban J connectivity index is 1.81. The number of unbranched alkanes of at least 4 members (excludes halogenated alkanes) is 2. The number of aliphatic hydroxyl groups is 1. The number of fused-ring (bicyclic) bond motifs is 1. The SMILES string of the molecule is Nc1ccc2c(c1)CN(CCCCCO)C2. The van der Waals surface area contributed by atoms with Gasteiger partial charge in [-0.25, -0.2) is 0 Å². The number of anilines is 1. The fourth-order valence-electron chi connectivity index (χ4n) is 2.27. The zero-order chi connectivity index (χ0) is 11.4. The monoisotopic (exact) mass is 220 g/mol. The first-order valence-electron chi connectivity index (χ1n) is 6.00. The van der Waals surface area contributed by atoms with Gasteiger partial charge in [0.15, 0.2) is 0 Å². The van der Waals surface area contributed by atoms with Crippen molar-refractivity contribution in [2.45, 2.75) is 32.4 Å². The second-order valence-corrected chi connectivity index (χ2v) is 4.52. The van der Waals surface area contributed by atoms with Crippen LogP contribution in [-0.4, -0.2) is 23.2 Å². The lowest BCUT2D eigenvalue weighted by Crippen LogP contribution is -2.17. The van der Waals surface area contributed by atoms with Crippen molar-refractivity contribution >= 4 is 5.69 Å². The summed E-state index contributed by atoms with van der Waals surface area (Å²) in [5, 5.41) is 8.70. The first kappa shape index (κ1) is 11.4. The number of hydrogen-bond acceptors (Lipinski definition) is 3. The summed E-state index contributed by atoms with van der Waals surface area (Å²) < 4.78 is 0. The van der Waals surface area contributed by atoms with Crippen LogP contribution in [0.4, 0.5) is 5.69 Å². The molecule has 0 unspecified atom stereocenters. The molecule has 3 nitrogen and oxygen atoms in total. The average Bonchev–Trinajstić information content (AvgIpc) is 2.66. The number of nitrogens with two attached hydrogens (primary N) is 1. The van der Waals surface area contributed by atoms with Crippen molar-refractivity contribution in [3.63, 3.8) is 0 Å². The predicted molar refractivity (Wildman–Crippen MR) is 65.9 cm³/mol. The number of nitrogen functional groups attached to an aromatic ring is 1. The topological polar surface area (TPSA) is 49.5 Å². The minimum Gasteiger partial charge on any atom is -0.399 e. The van der Waals surface area contributed by atoms with Crippen LogP contribution in [0.3, 0.4) is 0 Å². The van der Waals surface area contributed by atoms with Gasteiger partial charge in [-0.1, -0.05) is 6.07 Å². The third-order valence-electron chi connectivity index (χ3n) is 3.15. The van der Waals surface area contributed by atoms with Crippen molar-refractivity contribution in [2.24, 2.45) is 0 Å². The van der Waals surface area contributed by atoms with E-state index in [4.69, 9.17) is 10.8 Å². The molecular weight excluding hydrogens is 200 g/mol. The Kier molecular flexibility index (Phi) is 3.80. The van der Waals surface area contributed by atoms with E-state index in [0.717, 1.165) is 38.2 Å². The Hall–Kier alpha value is -1.06. The molecule has 1 aliphatic rings. The quantitative estimate of drug-likeness (QED) is 0.587. The molecule has 16 heavy (non-hydrogen) atoms. The average molecular weight is 220 g/mol. The third-order valence-corrected chi connectivity index (χ3v) is 3.15. The van der Waals surface area contributed by atoms with Gasteiger partial charge in [-0.15, -0.1) is 0 Å². The Morgan fingerprint density at radius 1 is 1.12 bits per heavy atom. The van der Waals surface area contributed by atoms with Gasteiger partial charge in [0, 0.05) is 25.4 Å². The molecule has 0 spiro atoms. The summed E-state index contributed by atoms with van der Waals surface area (Å²) in [6.07, 6.45) is 3.21. The van der Waals surface area contributed by atoms with Gasteiger partial charge >= 0.3 is 0 Å². The minimum absolute atomic E-state index is 0.316. The van der Waals surface area contributed by atoms with Crippen molar-refractivity contribution in [1.82, 2.24) is 4.90 Å². The summed E-state index contributed by atoms with van der Waals surface area (Å²) >= 11 is 0. The van der Waals surface area contributed by atoms with E-state index >= 15 is 0 Å². The predicted octanol–water partition coefficient (Wildman–Crippen LogP) is 1.75. The normalized spacial score (nSPS) is 15.3. The molecule has 0 aliphatic carbocycles. The molecule has 3 N–H and O–H groups in total. The van der Waals surface area contributed by atoms with E-state index in [0.29, 0.717) is 6.61 Å². The van der Waals surface area contributed by atoms with Gasteiger partial charge in [0.25, 0.3) is 0 Å². The summed E-state index contributed by atoms with van der Waals surface area (Å²) in [5.74, 6) is 0. The van der Waals surface area contributed by atoms with Gasteiger partial charge in [0.2, 0.25) is 0 Å². The molecule has 1 aromatic carbocycles. The highest BCUT2D eigenvalue weighted by Crippen LogP contribution is 2.24. The summed E-state index contributed by atoms with van der Waals surface area (Å²) in [6.45, 7) is 3.51. The van der Waals surface area contributed by atoms with Crippen LogP contribution in [-0.2, 0) is 13.1 Å². The van der Waals surface area contributed by atoms with E-state index < -0.39 is 0 Å². The van der Waals surface area contributed by atoms with E-state index in [-0.39, 0.29) is 0 Å². The van der Waals surface area contributed by atoms with Crippen molar-refractivity contribution in [2.75, 3.05) is 18.9 Å². The number of nitrogens with zero attached hydrogens (tertiary/aromatic N) is 1. The van der Waals surface area contributed by atoms with Crippen LogP contribution in [0.2, 0.25) is 0 Å². The molecule has 0 amide bonds. The highest BCUT2D eigenvalue weighted by atomic mass is 16.2. The van der Waals surface area contributed by atoms with E-state index in [1.807, 2.05) is 6.07 Å². The maximum Gasteiger partial charge on any atom is 0.0431 e. The number of rotatable bonds is 5. The van der Waals surface area contributed by atoms with E-state index in [2.05, 4.69) is 17.0 Å². The highest BCUT2D eigenvalue weighted by Gasteiger charge is 2.17. The van der Waals surface area contributed by atoms with E-state index in [9.17, 15) is 0 Å². The number of benzene rings is 1.